The molecule has 0 bridgehead atoms. The number of alkyl halides is 3. The van der Waals surface area contributed by atoms with Crippen LogP contribution in [-0.4, -0.2) is 61.4 Å². The van der Waals surface area contributed by atoms with Gasteiger partial charge in [0.2, 0.25) is 0 Å². The van der Waals surface area contributed by atoms with Gasteiger partial charge in [-0.15, -0.1) is 0 Å². The average molecular weight is 445 g/mol. The zero-order chi connectivity index (χ0) is 24.1. The van der Waals surface area contributed by atoms with E-state index in [9.17, 15) is 13.2 Å². The number of hydrogen-bond acceptors (Lipinski definition) is 4. The predicted molar refractivity (Wildman–Crippen MR) is 117 cm³/mol. The van der Waals surface area contributed by atoms with Gasteiger partial charge in [-0.1, -0.05) is 0 Å². The van der Waals surface area contributed by atoms with Crippen molar-refractivity contribution in [2.75, 3.05) is 6.61 Å². The summed E-state index contributed by atoms with van der Waals surface area (Å²) >= 11 is 0. The Morgan fingerprint density at radius 2 is 1.07 bits per heavy atom. The summed E-state index contributed by atoms with van der Waals surface area (Å²) in [7, 11) is 0. The fourth-order valence-electron chi connectivity index (χ4n) is 2.15. The Balaban J connectivity index is 0. The number of hydrogen-bond donors (Lipinski definition) is 0. The van der Waals surface area contributed by atoms with Crippen molar-refractivity contribution in [2.24, 2.45) is 0 Å². The van der Waals surface area contributed by atoms with Crippen LogP contribution in [0.25, 0.3) is 0 Å². The fraction of sp³-hybridized carbons (Fsp3) is 1.00. The molecule has 7 atom stereocenters. The molecule has 7 unspecified atom stereocenters. The third-order valence-corrected chi connectivity index (χ3v) is 4.40. The number of epoxide rings is 1. The monoisotopic (exact) mass is 444 g/mol. The molecule has 0 radical (unpaired) electrons. The zero-order valence-corrected chi connectivity index (χ0v) is 21.0. The van der Waals surface area contributed by atoms with E-state index in [2.05, 4.69) is 20.8 Å². The van der Waals surface area contributed by atoms with Crippen molar-refractivity contribution >= 4 is 0 Å². The molecule has 3 rings (SSSR count). The van der Waals surface area contributed by atoms with Crippen molar-refractivity contribution in [3.8, 4) is 0 Å². The summed E-state index contributed by atoms with van der Waals surface area (Å²) in [6, 6.07) is 0. The molecule has 3 aliphatic rings. The summed E-state index contributed by atoms with van der Waals surface area (Å²) in [5.41, 5.74) is 0. The van der Waals surface area contributed by atoms with Gasteiger partial charge < -0.3 is 18.9 Å². The summed E-state index contributed by atoms with van der Waals surface area (Å²) in [6.07, 6.45) is 1.35. The van der Waals surface area contributed by atoms with Gasteiger partial charge in [-0.25, -0.2) is 13.2 Å². The largest absolute Gasteiger partial charge is 0.379 e. The number of rotatable bonds is 1. The highest BCUT2D eigenvalue weighted by Gasteiger charge is 2.35. The van der Waals surface area contributed by atoms with Crippen LogP contribution < -0.4 is 0 Å². The first-order valence-electron chi connectivity index (χ1n) is 11.1. The molecule has 184 valence electrons. The second kappa shape index (κ2) is 16.3. The Morgan fingerprint density at radius 1 is 0.733 bits per heavy atom. The Hall–Kier alpha value is -0.370. The molecule has 3 fully saturated rings. The van der Waals surface area contributed by atoms with Crippen molar-refractivity contribution < 1.29 is 32.1 Å². The van der Waals surface area contributed by atoms with Gasteiger partial charge >= 0.3 is 0 Å². The SMILES string of the molecule is CC(C)F.CC(F)C(C)F.CC1CCCO1.CC1OC(C)(C)OC1C.CC1OC1C. The molecular formula is C23H47F3O4. The summed E-state index contributed by atoms with van der Waals surface area (Å²) in [5, 5.41) is 0. The van der Waals surface area contributed by atoms with Crippen LogP contribution in [0.5, 0.6) is 0 Å². The maximum absolute atomic E-state index is 11.4. The smallest absolute Gasteiger partial charge is 0.163 e. The number of halogens is 3. The standard InChI is InChI=1S/C7H14O2.C5H10O.C4H8F2.C4H8O.C3H7F/c1-5-6(2)9-7(3,4)8-5;1-5-3-2-4-6-5;1-3(5)4(2)6;1-3-4(2)5-3;1-3(2)4/h5-6H,1-4H3;5H,2-4H2,1H3;3-4H,1-2H3;3-4H,1-2H3;3H,1-2H3. The van der Waals surface area contributed by atoms with E-state index < -0.39 is 18.5 Å². The van der Waals surface area contributed by atoms with Crippen molar-refractivity contribution in [1.82, 2.24) is 0 Å². The second-order valence-electron chi connectivity index (χ2n) is 8.78. The van der Waals surface area contributed by atoms with Gasteiger partial charge in [-0.3, -0.25) is 0 Å². The van der Waals surface area contributed by atoms with Gasteiger partial charge in [0, 0.05) is 6.61 Å². The second-order valence-corrected chi connectivity index (χ2v) is 8.78. The third-order valence-electron chi connectivity index (χ3n) is 4.40. The molecule has 3 aliphatic heterocycles. The highest BCUT2D eigenvalue weighted by atomic mass is 19.2. The van der Waals surface area contributed by atoms with Crippen molar-refractivity contribution in [3.63, 3.8) is 0 Å². The van der Waals surface area contributed by atoms with E-state index in [4.69, 9.17) is 18.9 Å². The molecule has 3 saturated heterocycles. The lowest BCUT2D eigenvalue weighted by molar-refractivity contribution is -0.143. The van der Waals surface area contributed by atoms with Crippen molar-refractivity contribution in [1.29, 1.82) is 0 Å². The van der Waals surface area contributed by atoms with Gasteiger partial charge in [0.25, 0.3) is 0 Å². The molecule has 0 aromatic rings. The predicted octanol–water partition coefficient (Wildman–Crippen LogP) is 6.59. The summed E-state index contributed by atoms with van der Waals surface area (Å²) < 4.78 is 54.8. The van der Waals surface area contributed by atoms with Crippen LogP contribution in [0.15, 0.2) is 0 Å². The third kappa shape index (κ3) is 20.9. The maximum atomic E-state index is 11.4. The Kier molecular flexibility index (Phi) is 17.3. The van der Waals surface area contributed by atoms with Gasteiger partial charge in [0.05, 0.1) is 36.7 Å². The van der Waals surface area contributed by atoms with Crippen LogP contribution in [0.1, 0.15) is 89.0 Å². The van der Waals surface area contributed by atoms with Crippen LogP contribution >= 0.6 is 0 Å². The van der Waals surface area contributed by atoms with Crippen LogP contribution in [0.2, 0.25) is 0 Å². The minimum absolute atomic E-state index is 0.236. The average Bonchev–Trinajstić information content (AvgIpc) is 2.93. The molecule has 3 heterocycles. The molecule has 0 amide bonds. The van der Waals surface area contributed by atoms with Crippen LogP contribution in [0.4, 0.5) is 13.2 Å². The van der Waals surface area contributed by atoms with E-state index in [0.717, 1.165) is 6.61 Å². The van der Waals surface area contributed by atoms with E-state index in [1.165, 1.54) is 40.5 Å². The normalized spacial score (nSPS) is 32.7. The highest BCUT2D eigenvalue weighted by molar-refractivity contribution is 4.74. The van der Waals surface area contributed by atoms with E-state index >= 15 is 0 Å². The Bertz CT molecular complexity index is 373. The molecular weight excluding hydrogens is 397 g/mol. The molecule has 7 heteroatoms. The van der Waals surface area contributed by atoms with Crippen molar-refractivity contribution in [3.05, 3.63) is 0 Å². The fourth-order valence-corrected chi connectivity index (χ4v) is 2.15. The number of ether oxygens (including phenoxy) is 4. The zero-order valence-electron chi connectivity index (χ0n) is 21.0. The minimum Gasteiger partial charge on any atom is -0.379 e. The summed E-state index contributed by atoms with van der Waals surface area (Å²) in [4.78, 5) is 0. The van der Waals surface area contributed by atoms with E-state index in [1.54, 1.807) is 0 Å². The quantitative estimate of drug-likeness (QED) is 0.428. The molecule has 0 saturated carbocycles. The first-order chi connectivity index (χ1) is 13.6. The Labute approximate surface area is 183 Å². The van der Waals surface area contributed by atoms with Gasteiger partial charge in [0.15, 0.2) is 5.79 Å². The van der Waals surface area contributed by atoms with E-state index in [1.807, 2.05) is 27.7 Å². The lowest BCUT2D eigenvalue weighted by atomic mass is 10.3. The topological polar surface area (TPSA) is 40.2 Å². The Morgan fingerprint density at radius 3 is 1.13 bits per heavy atom. The molecule has 0 aromatic heterocycles. The van der Waals surface area contributed by atoms with Crippen LogP contribution in [-0.2, 0) is 18.9 Å². The molecule has 0 aromatic carbocycles. The molecule has 0 aliphatic carbocycles. The minimum atomic E-state index is -1.31. The maximum Gasteiger partial charge on any atom is 0.163 e. The van der Waals surface area contributed by atoms with Gasteiger partial charge in [-0.05, 0) is 89.0 Å². The van der Waals surface area contributed by atoms with Gasteiger partial charge in [-0.2, -0.15) is 0 Å². The van der Waals surface area contributed by atoms with E-state index in [0.29, 0.717) is 18.3 Å². The molecule has 0 spiro atoms. The first kappa shape index (κ1) is 31.8. The summed E-state index contributed by atoms with van der Waals surface area (Å²) in [5.74, 6) is -0.362. The van der Waals surface area contributed by atoms with Crippen LogP contribution in [0.3, 0.4) is 0 Å². The lowest BCUT2D eigenvalue weighted by Gasteiger charge is -2.15. The lowest BCUT2D eigenvalue weighted by Crippen LogP contribution is -2.20. The molecule has 30 heavy (non-hydrogen) atoms. The van der Waals surface area contributed by atoms with Gasteiger partial charge in [0.1, 0.15) is 12.3 Å². The summed E-state index contributed by atoms with van der Waals surface area (Å²) in [6.45, 7) is 20.6. The van der Waals surface area contributed by atoms with Crippen LogP contribution in [0, 0.1) is 0 Å². The highest BCUT2D eigenvalue weighted by Crippen LogP contribution is 2.26. The van der Waals surface area contributed by atoms with Crippen molar-refractivity contribution in [2.45, 2.75) is 144 Å². The van der Waals surface area contributed by atoms with E-state index in [-0.39, 0.29) is 18.0 Å². The first-order valence-corrected chi connectivity index (χ1v) is 11.1. The molecule has 0 N–H and O–H groups in total. The molecule has 4 nitrogen and oxygen atoms in total.